The molecule has 0 bridgehead atoms. The van der Waals surface area contributed by atoms with Crippen molar-refractivity contribution in [1.29, 1.82) is 0 Å². The fourth-order valence-electron chi connectivity index (χ4n) is 2.80. The Morgan fingerprint density at radius 1 is 0.944 bits per heavy atom. The first kappa shape index (κ1) is 15.5. The standard InChI is InChI=1S/C16H32N2/c1-2-3-4-5-6-7-8-11-14-18-16(17)15-12-9-10-13-15/h15H,2-14H2,1H3,(H2,17,18). The fraction of sp³-hybridized carbons (Fsp3) is 0.938. The Hall–Kier alpha value is -0.530. The van der Waals surface area contributed by atoms with E-state index >= 15 is 0 Å². The summed E-state index contributed by atoms with van der Waals surface area (Å²) in [6.45, 7) is 3.23. The number of hydrogen-bond acceptors (Lipinski definition) is 1. The van der Waals surface area contributed by atoms with Crippen molar-refractivity contribution in [2.75, 3.05) is 6.54 Å². The highest BCUT2D eigenvalue weighted by atomic mass is 14.9. The van der Waals surface area contributed by atoms with E-state index in [-0.39, 0.29) is 0 Å². The molecule has 18 heavy (non-hydrogen) atoms. The number of nitrogens with zero attached hydrogens (tertiary/aromatic N) is 1. The average molecular weight is 252 g/mol. The molecule has 0 heterocycles. The fourth-order valence-corrected chi connectivity index (χ4v) is 2.80. The molecular weight excluding hydrogens is 220 g/mol. The second kappa shape index (κ2) is 10.4. The molecule has 0 unspecified atom stereocenters. The van der Waals surface area contributed by atoms with Crippen LogP contribution in [0.5, 0.6) is 0 Å². The van der Waals surface area contributed by atoms with Crippen molar-refractivity contribution >= 4 is 5.84 Å². The van der Waals surface area contributed by atoms with E-state index in [2.05, 4.69) is 11.9 Å². The number of hydrogen-bond donors (Lipinski definition) is 1. The number of unbranched alkanes of at least 4 members (excludes halogenated alkanes) is 7. The molecule has 0 spiro atoms. The third-order valence-corrected chi connectivity index (χ3v) is 4.08. The Bertz CT molecular complexity index is 217. The van der Waals surface area contributed by atoms with Gasteiger partial charge in [-0.3, -0.25) is 4.99 Å². The van der Waals surface area contributed by atoms with Crippen molar-refractivity contribution < 1.29 is 0 Å². The molecule has 1 rings (SSSR count). The topological polar surface area (TPSA) is 38.4 Å². The molecule has 0 aromatic carbocycles. The normalized spacial score (nSPS) is 17.5. The number of aliphatic imine (C=N–C) groups is 1. The molecule has 0 aromatic rings. The minimum atomic E-state index is 0.610. The monoisotopic (exact) mass is 252 g/mol. The van der Waals surface area contributed by atoms with Crippen molar-refractivity contribution in [1.82, 2.24) is 0 Å². The Balaban J connectivity index is 1.89. The molecule has 0 radical (unpaired) electrons. The smallest absolute Gasteiger partial charge is 0.0968 e. The predicted octanol–water partition coefficient (Wildman–Crippen LogP) is 4.67. The number of nitrogens with two attached hydrogens (primary N) is 1. The molecular formula is C16H32N2. The van der Waals surface area contributed by atoms with E-state index in [9.17, 15) is 0 Å². The summed E-state index contributed by atoms with van der Waals surface area (Å²) in [5, 5.41) is 0. The van der Waals surface area contributed by atoms with Gasteiger partial charge in [0.25, 0.3) is 0 Å². The molecule has 1 fully saturated rings. The summed E-state index contributed by atoms with van der Waals surface area (Å²) >= 11 is 0. The van der Waals surface area contributed by atoms with Crippen LogP contribution in [0.4, 0.5) is 0 Å². The Kier molecular flexibility index (Phi) is 8.97. The highest BCUT2D eigenvalue weighted by molar-refractivity contribution is 5.83. The zero-order valence-electron chi connectivity index (χ0n) is 12.3. The van der Waals surface area contributed by atoms with Gasteiger partial charge in [-0.15, -0.1) is 0 Å². The van der Waals surface area contributed by atoms with Crippen LogP contribution in [-0.4, -0.2) is 12.4 Å². The van der Waals surface area contributed by atoms with E-state index in [1.54, 1.807) is 0 Å². The molecule has 2 nitrogen and oxygen atoms in total. The van der Waals surface area contributed by atoms with Gasteiger partial charge >= 0.3 is 0 Å². The number of amidine groups is 1. The van der Waals surface area contributed by atoms with Crippen molar-refractivity contribution in [2.45, 2.75) is 84.0 Å². The van der Waals surface area contributed by atoms with Crippen LogP contribution in [-0.2, 0) is 0 Å². The van der Waals surface area contributed by atoms with E-state index in [1.807, 2.05) is 0 Å². The lowest BCUT2D eigenvalue weighted by molar-refractivity contribution is 0.577. The molecule has 1 aliphatic carbocycles. The second-order valence-electron chi connectivity index (χ2n) is 5.76. The van der Waals surface area contributed by atoms with Gasteiger partial charge in [-0.2, -0.15) is 0 Å². The zero-order chi connectivity index (χ0) is 13.1. The maximum Gasteiger partial charge on any atom is 0.0968 e. The third-order valence-electron chi connectivity index (χ3n) is 4.08. The molecule has 0 amide bonds. The summed E-state index contributed by atoms with van der Waals surface area (Å²) in [7, 11) is 0. The van der Waals surface area contributed by atoms with Crippen molar-refractivity contribution in [2.24, 2.45) is 16.6 Å². The summed E-state index contributed by atoms with van der Waals surface area (Å²) in [5.41, 5.74) is 6.02. The zero-order valence-corrected chi connectivity index (χ0v) is 12.3. The summed E-state index contributed by atoms with van der Waals surface area (Å²) in [4.78, 5) is 4.55. The lowest BCUT2D eigenvalue weighted by Crippen LogP contribution is -2.21. The van der Waals surface area contributed by atoms with Gasteiger partial charge in [-0.1, -0.05) is 64.7 Å². The Morgan fingerprint density at radius 2 is 1.50 bits per heavy atom. The summed E-state index contributed by atoms with van der Waals surface area (Å²) in [6, 6.07) is 0. The quantitative estimate of drug-likeness (QED) is 0.342. The maximum absolute atomic E-state index is 6.02. The minimum Gasteiger partial charge on any atom is -0.387 e. The van der Waals surface area contributed by atoms with Gasteiger partial charge in [0.05, 0.1) is 5.84 Å². The van der Waals surface area contributed by atoms with E-state index in [1.165, 1.54) is 77.0 Å². The average Bonchev–Trinajstić information content (AvgIpc) is 2.90. The van der Waals surface area contributed by atoms with Gasteiger partial charge in [0.15, 0.2) is 0 Å². The number of rotatable bonds is 10. The molecule has 0 saturated heterocycles. The van der Waals surface area contributed by atoms with Crippen LogP contribution >= 0.6 is 0 Å². The minimum absolute atomic E-state index is 0.610. The maximum atomic E-state index is 6.02. The van der Waals surface area contributed by atoms with Crippen molar-refractivity contribution in [3.8, 4) is 0 Å². The van der Waals surface area contributed by atoms with Crippen LogP contribution in [0.25, 0.3) is 0 Å². The van der Waals surface area contributed by atoms with Crippen LogP contribution in [0.15, 0.2) is 4.99 Å². The summed E-state index contributed by atoms with van der Waals surface area (Å²) in [5.74, 6) is 1.55. The van der Waals surface area contributed by atoms with Crippen LogP contribution in [0.3, 0.4) is 0 Å². The summed E-state index contributed by atoms with van der Waals surface area (Å²) in [6.07, 6.45) is 16.2. The molecule has 0 aliphatic heterocycles. The highest BCUT2D eigenvalue weighted by Crippen LogP contribution is 2.24. The molecule has 0 aromatic heterocycles. The van der Waals surface area contributed by atoms with Crippen LogP contribution in [0.1, 0.15) is 84.0 Å². The van der Waals surface area contributed by atoms with E-state index < -0.39 is 0 Å². The molecule has 0 atom stereocenters. The first-order valence-electron chi connectivity index (χ1n) is 8.14. The van der Waals surface area contributed by atoms with Gasteiger partial charge < -0.3 is 5.73 Å². The SMILES string of the molecule is CCCCCCCCCCN=C(N)C1CCCC1. The highest BCUT2D eigenvalue weighted by Gasteiger charge is 2.17. The third kappa shape index (κ3) is 7.03. The Labute approximate surface area is 113 Å². The lowest BCUT2D eigenvalue weighted by Gasteiger charge is -2.07. The van der Waals surface area contributed by atoms with Gasteiger partial charge in [0.2, 0.25) is 0 Å². The lowest BCUT2D eigenvalue weighted by atomic mass is 10.1. The van der Waals surface area contributed by atoms with Crippen molar-refractivity contribution in [3.63, 3.8) is 0 Å². The molecule has 1 aliphatic rings. The van der Waals surface area contributed by atoms with E-state index in [0.29, 0.717) is 5.92 Å². The molecule has 1 saturated carbocycles. The first-order valence-corrected chi connectivity index (χ1v) is 8.14. The predicted molar refractivity (Wildman–Crippen MR) is 81.1 cm³/mol. The van der Waals surface area contributed by atoms with Gasteiger partial charge in [0, 0.05) is 12.5 Å². The summed E-state index contributed by atoms with van der Waals surface area (Å²) < 4.78 is 0. The largest absolute Gasteiger partial charge is 0.387 e. The molecule has 106 valence electrons. The van der Waals surface area contributed by atoms with Gasteiger partial charge in [-0.25, -0.2) is 0 Å². The van der Waals surface area contributed by atoms with Crippen LogP contribution in [0.2, 0.25) is 0 Å². The van der Waals surface area contributed by atoms with Gasteiger partial charge in [0.1, 0.15) is 0 Å². The van der Waals surface area contributed by atoms with Crippen molar-refractivity contribution in [3.05, 3.63) is 0 Å². The van der Waals surface area contributed by atoms with Crippen LogP contribution < -0.4 is 5.73 Å². The molecule has 2 N–H and O–H groups in total. The van der Waals surface area contributed by atoms with Gasteiger partial charge in [-0.05, 0) is 19.3 Å². The van der Waals surface area contributed by atoms with Crippen LogP contribution in [0, 0.1) is 5.92 Å². The first-order chi connectivity index (χ1) is 8.84. The Morgan fingerprint density at radius 3 is 2.11 bits per heavy atom. The second-order valence-corrected chi connectivity index (χ2v) is 5.76. The van der Waals surface area contributed by atoms with E-state index in [4.69, 9.17) is 5.73 Å². The molecule has 2 heteroatoms. The van der Waals surface area contributed by atoms with E-state index in [0.717, 1.165) is 12.4 Å².